The zero-order chi connectivity index (χ0) is 15.8. The van der Waals surface area contributed by atoms with Crippen LogP contribution in [0.5, 0.6) is 0 Å². The van der Waals surface area contributed by atoms with Crippen LogP contribution in [-0.4, -0.2) is 4.98 Å². The molecule has 21 heavy (non-hydrogen) atoms. The van der Waals surface area contributed by atoms with E-state index in [2.05, 4.69) is 4.98 Å². The molecule has 0 unspecified atom stereocenters. The number of alkyl halides is 6. The smallest absolute Gasteiger partial charge is 0.243 e. The van der Waals surface area contributed by atoms with Crippen molar-refractivity contribution in [2.45, 2.75) is 12.4 Å². The van der Waals surface area contributed by atoms with Gasteiger partial charge in [0.2, 0.25) is 0 Å². The maximum atomic E-state index is 12.7. The molecule has 0 atom stereocenters. The van der Waals surface area contributed by atoms with E-state index in [0.29, 0.717) is 0 Å². The van der Waals surface area contributed by atoms with Crippen LogP contribution in [-0.2, 0) is 12.4 Å². The highest BCUT2D eigenvalue weighted by atomic mass is 127. The third kappa shape index (κ3) is 3.86. The van der Waals surface area contributed by atoms with Crippen molar-refractivity contribution < 1.29 is 26.3 Å². The number of pyridine rings is 1. The molecular formula is C13H6F6IN. The molecule has 8 heteroatoms. The summed E-state index contributed by atoms with van der Waals surface area (Å²) in [5, 5.41) is 0. The normalized spacial score (nSPS) is 12.5. The van der Waals surface area contributed by atoms with Gasteiger partial charge in [-0.05, 0) is 46.9 Å². The molecule has 0 aliphatic heterocycles. The van der Waals surface area contributed by atoms with Crippen LogP contribution in [0.2, 0.25) is 0 Å². The molecule has 2 rings (SSSR count). The fourth-order valence-corrected chi connectivity index (χ4v) is 2.24. The molecule has 0 aliphatic carbocycles. The second kappa shape index (κ2) is 5.47. The Balaban J connectivity index is 2.55. The summed E-state index contributed by atoms with van der Waals surface area (Å²) in [7, 11) is 0. The van der Waals surface area contributed by atoms with E-state index in [1.165, 1.54) is 12.1 Å². The van der Waals surface area contributed by atoms with Crippen LogP contribution >= 0.6 is 22.6 Å². The number of hydrogen-bond acceptors (Lipinski definition) is 1. The van der Waals surface area contributed by atoms with E-state index in [1.807, 2.05) is 0 Å². The zero-order valence-electron chi connectivity index (χ0n) is 10.1. The van der Waals surface area contributed by atoms with E-state index in [-0.39, 0.29) is 14.8 Å². The molecule has 0 aliphatic rings. The highest BCUT2D eigenvalue weighted by molar-refractivity contribution is 14.1. The van der Waals surface area contributed by atoms with Crippen molar-refractivity contribution in [2.75, 3.05) is 0 Å². The van der Waals surface area contributed by atoms with Gasteiger partial charge in [-0.1, -0.05) is 12.1 Å². The van der Waals surface area contributed by atoms with Crippen LogP contribution in [0.4, 0.5) is 26.3 Å². The number of hydrogen-bond donors (Lipinski definition) is 0. The summed E-state index contributed by atoms with van der Waals surface area (Å²) in [6.07, 6.45) is -9.22. The van der Waals surface area contributed by atoms with E-state index in [4.69, 9.17) is 0 Å². The molecular weight excluding hydrogens is 411 g/mol. The molecule has 0 saturated carbocycles. The summed E-state index contributed by atoms with van der Waals surface area (Å²) in [4.78, 5) is 3.40. The molecule has 1 aromatic carbocycles. The van der Waals surface area contributed by atoms with Crippen LogP contribution in [0.25, 0.3) is 11.3 Å². The molecule has 1 nitrogen and oxygen atoms in total. The summed E-state index contributed by atoms with van der Waals surface area (Å²) in [5.41, 5.74) is -2.25. The van der Waals surface area contributed by atoms with E-state index in [1.54, 1.807) is 22.6 Å². The molecule has 2 aromatic rings. The first kappa shape index (κ1) is 16.1. The molecule has 0 spiro atoms. The lowest BCUT2D eigenvalue weighted by molar-refractivity contribution is -0.141. The lowest BCUT2D eigenvalue weighted by atomic mass is 10.1. The summed E-state index contributed by atoms with van der Waals surface area (Å²) in [5.74, 6) is 0. The minimum atomic E-state index is -4.66. The van der Waals surface area contributed by atoms with Gasteiger partial charge < -0.3 is 0 Å². The van der Waals surface area contributed by atoms with Gasteiger partial charge in [-0.3, -0.25) is 0 Å². The van der Waals surface area contributed by atoms with Crippen molar-refractivity contribution in [3.63, 3.8) is 0 Å². The van der Waals surface area contributed by atoms with Gasteiger partial charge in [0.15, 0.2) is 0 Å². The van der Waals surface area contributed by atoms with Gasteiger partial charge in [-0.2, -0.15) is 26.3 Å². The van der Waals surface area contributed by atoms with Crippen molar-refractivity contribution in [2.24, 2.45) is 0 Å². The molecule has 1 heterocycles. The highest BCUT2D eigenvalue weighted by Gasteiger charge is 2.34. The van der Waals surface area contributed by atoms with Crippen LogP contribution < -0.4 is 0 Å². The third-order valence-corrected chi connectivity index (χ3v) is 3.19. The zero-order valence-corrected chi connectivity index (χ0v) is 12.2. The first-order valence-corrected chi connectivity index (χ1v) is 6.57. The number of halogens is 7. The topological polar surface area (TPSA) is 12.9 Å². The average Bonchev–Trinajstić information content (AvgIpc) is 2.36. The molecule has 1 aromatic heterocycles. The largest absolute Gasteiger partial charge is 0.433 e. The number of benzene rings is 1. The van der Waals surface area contributed by atoms with Crippen LogP contribution in [0, 0.1) is 3.57 Å². The molecule has 0 fully saturated rings. The van der Waals surface area contributed by atoms with Gasteiger partial charge in [-0.15, -0.1) is 0 Å². The second-order valence-electron chi connectivity index (χ2n) is 4.13. The summed E-state index contributed by atoms with van der Waals surface area (Å²) in [6, 6.07) is 6.17. The van der Waals surface area contributed by atoms with Crippen molar-refractivity contribution in [1.82, 2.24) is 4.98 Å². The second-order valence-corrected chi connectivity index (χ2v) is 5.38. The van der Waals surface area contributed by atoms with Gasteiger partial charge in [0.25, 0.3) is 0 Å². The standard InChI is InChI=1S/C13H6F6IN/c14-12(15,16)8-3-1-2-7(4-8)10-5-9(20)6-11(21-10)13(17,18)19/h1-6H. The Labute approximate surface area is 129 Å². The fourth-order valence-electron chi connectivity index (χ4n) is 1.65. The molecule has 0 radical (unpaired) electrons. The van der Waals surface area contributed by atoms with Gasteiger partial charge in [-0.25, -0.2) is 4.98 Å². The SMILES string of the molecule is FC(F)(F)c1cccc(-c2cc(I)cc(C(F)(F)F)n2)c1. The van der Waals surface area contributed by atoms with E-state index >= 15 is 0 Å². The first-order valence-electron chi connectivity index (χ1n) is 5.50. The quantitative estimate of drug-likeness (QED) is 0.448. The van der Waals surface area contributed by atoms with Crippen LogP contribution in [0.15, 0.2) is 36.4 Å². The first-order chi connectivity index (χ1) is 9.57. The van der Waals surface area contributed by atoms with E-state index < -0.39 is 23.6 Å². The molecule has 0 amide bonds. The maximum Gasteiger partial charge on any atom is 0.433 e. The Morgan fingerprint density at radius 3 is 2.10 bits per heavy atom. The Morgan fingerprint density at radius 2 is 1.52 bits per heavy atom. The number of aromatic nitrogens is 1. The predicted molar refractivity (Wildman–Crippen MR) is 72.4 cm³/mol. The summed E-state index contributed by atoms with van der Waals surface area (Å²) >= 11 is 1.66. The third-order valence-electron chi connectivity index (χ3n) is 2.57. The minimum Gasteiger partial charge on any atom is -0.243 e. The van der Waals surface area contributed by atoms with E-state index in [0.717, 1.165) is 24.3 Å². The Morgan fingerprint density at radius 1 is 0.857 bits per heavy atom. The molecule has 112 valence electrons. The summed E-state index contributed by atoms with van der Waals surface area (Å²) < 4.78 is 76.2. The lowest BCUT2D eigenvalue weighted by Gasteiger charge is -2.11. The van der Waals surface area contributed by atoms with Crippen molar-refractivity contribution in [3.05, 3.63) is 51.2 Å². The number of nitrogens with zero attached hydrogens (tertiary/aromatic N) is 1. The molecule has 0 saturated heterocycles. The minimum absolute atomic E-state index is 0.0196. The Kier molecular flexibility index (Phi) is 4.18. The number of rotatable bonds is 1. The molecule has 0 bridgehead atoms. The van der Waals surface area contributed by atoms with Gasteiger partial charge in [0.05, 0.1) is 11.3 Å². The Hall–Kier alpha value is -1.32. The summed E-state index contributed by atoms with van der Waals surface area (Å²) in [6.45, 7) is 0. The predicted octanol–water partition coefficient (Wildman–Crippen LogP) is 5.39. The highest BCUT2D eigenvalue weighted by Crippen LogP contribution is 2.34. The van der Waals surface area contributed by atoms with Gasteiger partial charge in [0, 0.05) is 9.13 Å². The maximum absolute atomic E-state index is 12.7. The Bertz CT molecular complexity index is 662. The fraction of sp³-hybridized carbons (Fsp3) is 0.154. The lowest BCUT2D eigenvalue weighted by Crippen LogP contribution is -2.09. The van der Waals surface area contributed by atoms with E-state index in [9.17, 15) is 26.3 Å². The average molecular weight is 417 g/mol. The monoisotopic (exact) mass is 417 g/mol. The van der Waals surface area contributed by atoms with Crippen LogP contribution in [0.3, 0.4) is 0 Å². The van der Waals surface area contributed by atoms with Gasteiger partial charge in [0.1, 0.15) is 5.69 Å². The van der Waals surface area contributed by atoms with Crippen molar-refractivity contribution in [3.8, 4) is 11.3 Å². The van der Waals surface area contributed by atoms with Crippen LogP contribution in [0.1, 0.15) is 11.3 Å². The van der Waals surface area contributed by atoms with Crippen molar-refractivity contribution in [1.29, 1.82) is 0 Å². The molecule has 0 N–H and O–H groups in total. The van der Waals surface area contributed by atoms with Gasteiger partial charge >= 0.3 is 12.4 Å². The van der Waals surface area contributed by atoms with Crippen molar-refractivity contribution >= 4 is 22.6 Å².